The van der Waals surface area contributed by atoms with Crippen molar-refractivity contribution in [3.63, 3.8) is 0 Å². The molecule has 0 radical (unpaired) electrons. The van der Waals surface area contributed by atoms with E-state index >= 15 is 0 Å². The third kappa shape index (κ3) is 3.46. The summed E-state index contributed by atoms with van der Waals surface area (Å²) in [5, 5.41) is 0. The highest BCUT2D eigenvalue weighted by atomic mass is 16.6. The predicted octanol–water partition coefficient (Wildman–Crippen LogP) is 0.661. The first-order valence-electron chi connectivity index (χ1n) is 8.93. The van der Waals surface area contributed by atoms with Gasteiger partial charge in [-0.05, 0) is 18.2 Å². The Morgan fingerprint density at radius 1 is 0.828 bits per heavy atom. The summed E-state index contributed by atoms with van der Waals surface area (Å²) in [6.45, 7) is 8.90. The van der Waals surface area contributed by atoms with E-state index in [0.29, 0.717) is 11.4 Å². The summed E-state index contributed by atoms with van der Waals surface area (Å²) in [6.07, 6.45) is 3.67. The van der Waals surface area contributed by atoms with E-state index in [1.807, 2.05) is 24.3 Å². The van der Waals surface area contributed by atoms with Crippen molar-refractivity contribution in [3.05, 3.63) is 43.5 Å². The minimum absolute atomic E-state index is 0.674. The Hall–Kier alpha value is -3.62. The molecule has 4 N–H and O–H groups in total. The first kappa shape index (κ1) is 20.1. The summed E-state index contributed by atoms with van der Waals surface area (Å²) in [5.74, 6) is -6.00. The molecule has 0 spiro atoms. The fourth-order valence-electron chi connectivity index (χ4n) is 3.84. The van der Waals surface area contributed by atoms with Gasteiger partial charge in [0.15, 0.2) is 0 Å². The predicted molar refractivity (Wildman–Crippen MR) is 104 cm³/mol. The molecule has 0 atom stereocenters. The van der Waals surface area contributed by atoms with Gasteiger partial charge in [0.25, 0.3) is 0 Å². The summed E-state index contributed by atoms with van der Waals surface area (Å²) >= 11 is 0. The highest BCUT2D eigenvalue weighted by molar-refractivity contribution is 6.10. The zero-order valence-electron chi connectivity index (χ0n) is 15.6. The molecular formula is C20H21N3O6. The Kier molecular flexibility index (Phi) is 5.40. The average molecular weight is 399 g/mol. The second-order valence-electron chi connectivity index (χ2n) is 6.88. The number of fused-ring (bicyclic) bond motifs is 4. The van der Waals surface area contributed by atoms with E-state index in [1.54, 1.807) is 6.07 Å². The van der Waals surface area contributed by atoms with Crippen molar-refractivity contribution in [1.29, 1.82) is 0 Å². The molecule has 1 aromatic carbocycles. The first-order chi connectivity index (χ1) is 13.8. The van der Waals surface area contributed by atoms with E-state index in [1.165, 1.54) is 0 Å². The van der Waals surface area contributed by atoms with Crippen LogP contribution in [0.3, 0.4) is 0 Å². The summed E-state index contributed by atoms with van der Waals surface area (Å²) in [7, 11) is 0. The van der Waals surface area contributed by atoms with Gasteiger partial charge in [-0.25, -0.2) is 0 Å². The largest absolute Gasteiger partial charge is 0.399 e. The van der Waals surface area contributed by atoms with E-state index in [-0.39, 0.29) is 0 Å². The number of carbonyl (C=O) groups is 4. The smallest absolute Gasteiger partial charge is 0.318 e. The summed E-state index contributed by atoms with van der Waals surface area (Å²) in [6, 6.07) is 5.51. The summed E-state index contributed by atoms with van der Waals surface area (Å²) in [4.78, 5) is 46.4. The maximum atomic E-state index is 11.1. The van der Waals surface area contributed by atoms with E-state index < -0.39 is 47.5 Å². The van der Waals surface area contributed by atoms with Gasteiger partial charge in [0.1, 0.15) is 0 Å². The SMILES string of the molecule is C=CCN(CC=C)c1ccc(N)cc1N.O=C1OC(=O)C2C1C1C(=O)OC(=O)C21. The van der Waals surface area contributed by atoms with Gasteiger partial charge < -0.3 is 25.8 Å². The second kappa shape index (κ2) is 7.78. The topological polar surface area (TPSA) is 142 Å². The van der Waals surface area contributed by atoms with Crippen LogP contribution in [0.15, 0.2) is 43.5 Å². The molecule has 0 aromatic heterocycles. The molecule has 2 saturated heterocycles. The lowest BCUT2D eigenvalue weighted by Crippen LogP contribution is -2.50. The van der Waals surface area contributed by atoms with Gasteiger partial charge in [-0.2, -0.15) is 0 Å². The zero-order valence-corrected chi connectivity index (χ0v) is 15.6. The number of nitrogen functional groups attached to an aromatic ring is 2. The molecule has 2 heterocycles. The molecule has 0 bridgehead atoms. The Morgan fingerprint density at radius 3 is 1.59 bits per heavy atom. The van der Waals surface area contributed by atoms with E-state index in [9.17, 15) is 19.2 Å². The molecule has 0 unspecified atom stereocenters. The fourth-order valence-corrected chi connectivity index (χ4v) is 3.84. The lowest BCUT2D eigenvalue weighted by molar-refractivity contribution is -0.158. The van der Waals surface area contributed by atoms with E-state index in [4.69, 9.17) is 11.5 Å². The molecule has 4 rings (SSSR count). The van der Waals surface area contributed by atoms with Gasteiger partial charge in [-0.1, -0.05) is 12.2 Å². The number of hydrogen-bond donors (Lipinski definition) is 2. The van der Waals surface area contributed by atoms with Gasteiger partial charge in [-0.3, -0.25) is 19.2 Å². The van der Waals surface area contributed by atoms with Crippen molar-refractivity contribution >= 4 is 40.9 Å². The van der Waals surface area contributed by atoms with Gasteiger partial charge >= 0.3 is 23.9 Å². The van der Waals surface area contributed by atoms with Gasteiger partial charge in [0.2, 0.25) is 0 Å². The molecule has 1 aromatic rings. The number of nitrogens with two attached hydrogens (primary N) is 2. The molecule has 0 amide bonds. The Balaban J connectivity index is 0.000000166. The number of esters is 4. The number of rotatable bonds is 5. The first-order valence-corrected chi connectivity index (χ1v) is 8.93. The van der Waals surface area contributed by atoms with Crippen molar-refractivity contribution in [2.75, 3.05) is 29.5 Å². The molecule has 29 heavy (non-hydrogen) atoms. The highest BCUT2D eigenvalue weighted by Gasteiger charge is 2.72. The van der Waals surface area contributed by atoms with Crippen LogP contribution in [0.4, 0.5) is 17.1 Å². The number of cyclic esters (lactones) is 4. The highest BCUT2D eigenvalue weighted by Crippen LogP contribution is 2.54. The monoisotopic (exact) mass is 399 g/mol. The fraction of sp³-hybridized carbons (Fsp3) is 0.300. The van der Waals surface area contributed by atoms with Crippen molar-refractivity contribution in [3.8, 4) is 0 Å². The van der Waals surface area contributed by atoms with Crippen LogP contribution in [0, 0.1) is 23.7 Å². The van der Waals surface area contributed by atoms with Crippen LogP contribution < -0.4 is 16.4 Å². The molecule has 2 aliphatic heterocycles. The van der Waals surface area contributed by atoms with Crippen LogP contribution >= 0.6 is 0 Å². The summed E-state index contributed by atoms with van der Waals surface area (Å²) < 4.78 is 8.69. The third-order valence-corrected chi connectivity index (χ3v) is 5.13. The van der Waals surface area contributed by atoms with Crippen molar-refractivity contribution in [1.82, 2.24) is 0 Å². The maximum absolute atomic E-state index is 11.1. The quantitative estimate of drug-likeness (QED) is 0.316. The number of hydrogen-bond acceptors (Lipinski definition) is 9. The second-order valence-corrected chi connectivity index (χ2v) is 6.88. The number of nitrogens with zero attached hydrogens (tertiary/aromatic N) is 1. The lowest BCUT2D eigenvalue weighted by Gasteiger charge is -2.33. The maximum Gasteiger partial charge on any atom is 0.318 e. The van der Waals surface area contributed by atoms with Crippen LogP contribution in [-0.4, -0.2) is 37.0 Å². The zero-order chi connectivity index (χ0) is 21.3. The third-order valence-electron chi connectivity index (χ3n) is 5.13. The Bertz CT molecular complexity index is 819. The average Bonchev–Trinajstić information content (AvgIpc) is 2.97. The molecule has 1 aliphatic carbocycles. The van der Waals surface area contributed by atoms with Crippen molar-refractivity contribution in [2.24, 2.45) is 23.7 Å². The summed E-state index contributed by atoms with van der Waals surface area (Å²) in [5.41, 5.74) is 13.8. The molecular weight excluding hydrogens is 378 g/mol. The van der Waals surface area contributed by atoms with E-state index in [0.717, 1.165) is 18.8 Å². The van der Waals surface area contributed by atoms with Gasteiger partial charge in [-0.15, -0.1) is 13.2 Å². The van der Waals surface area contributed by atoms with Crippen LogP contribution in [0.1, 0.15) is 0 Å². The van der Waals surface area contributed by atoms with Gasteiger partial charge in [0.05, 0.1) is 35.0 Å². The number of benzene rings is 1. The standard InChI is InChI=1S/C12H17N3.C8H4O6/c1-3-7-15(8-4-2)12-6-5-10(13)9-11(12)14;9-5-1-2(6(10)13-5)4-3(1)7(11)14-8(4)12/h3-6,9H,1-2,7-8,13-14H2;1-4H. The number of anilines is 3. The molecule has 9 heteroatoms. The molecule has 9 nitrogen and oxygen atoms in total. The molecule has 3 aliphatic rings. The Labute approximate surface area is 166 Å². The number of ether oxygens (including phenoxy) is 2. The van der Waals surface area contributed by atoms with Crippen LogP contribution in [0.2, 0.25) is 0 Å². The van der Waals surface area contributed by atoms with E-state index in [2.05, 4.69) is 27.5 Å². The molecule has 152 valence electrons. The Morgan fingerprint density at radius 2 is 1.24 bits per heavy atom. The van der Waals surface area contributed by atoms with Gasteiger partial charge in [0, 0.05) is 18.8 Å². The number of carbonyl (C=O) groups excluding carboxylic acids is 4. The van der Waals surface area contributed by atoms with Crippen LogP contribution in [0.5, 0.6) is 0 Å². The van der Waals surface area contributed by atoms with Crippen molar-refractivity contribution in [2.45, 2.75) is 0 Å². The van der Waals surface area contributed by atoms with Crippen LogP contribution in [0.25, 0.3) is 0 Å². The molecule has 3 fully saturated rings. The molecule has 1 saturated carbocycles. The minimum atomic E-state index is -0.786. The van der Waals surface area contributed by atoms with Crippen molar-refractivity contribution < 1.29 is 28.7 Å². The normalized spacial score (nSPS) is 26.2. The minimum Gasteiger partial charge on any atom is -0.399 e. The lowest BCUT2D eigenvalue weighted by atomic mass is 9.59. The van der Waals surface area contributed by atoms with Crippen LogP contribution in [-0.2, 0) is 28.7 Å².